The highest BCUT2D eigenvalue weighted by molar-refractivity contribution is 5.97. The third-order valence-corrected chi connectivity index (χ3v) is 2.88. The molecular weight excluding hydrogens is 236 g/mol. The van der Waals surface area contributed by atoms with Gasteiger partial charge < -0.3 is 20.5 Å². The Labute approximate surface area is 105 Å². The smallest absolute Gasteiger partial charge is 0.276 e. The number of hydrogen-bond acceptors (Lipinski definition) is 5. The van der Waals surface area contributed by atoms with Gasteiger partial charge in [0.05, 0.1) is 24.5 Å². The van der Waals surface area contributed by atoms with E-state index in [9.17, 15) is 4.79 Å². The Hall–Kier alpha value is -1.60. The lowest BCUT2D eigenvalue weighted by Gasteiger charge is -2.35. The van der Waals surface area contributed by atoms with Crippen LogP contribution in [0.3, 0.4) is 0 Å². The molecule has 2 atom stereocenters. The molecule has 0 aliphatic carbocycles. The predicted molar refractivity (Wildman–Crippen MR) is 64.9 cm³/mol. The number of amides is 1. The summed E-state index contributed by atoms with van der Waals surface area (Å²) >= 11 is 0. The van der Waals surface area contributed by atoms with E-state index in [0.717, 1.165) is 0 Å². The van der Waals surface area contributed by atoms with Gasteiger partial charge in [0.25, 0.3) is 5.91 Å². The second-order valence-electron chi connectivity index (χ2n) is 4.57. The summed E-state index contributed by atoms with van der Waals surface area (Å²) < 4.78 is 7.00. The highest BCUT2D eigenvalue weighted by Gasteiger charge is 2.30. The molecule has 0 saturated carbocycles. The molecule has 2 rings (SSSR count). The molecule has 100 valence electrons. The number of nitrogens with zero attached hydrogens (tertiary/aromatic N) is 3. The quantitative estimate of drug-likeness (QED) is 0.722. The van der Waals surface area contributed by atoms with Gasteiger partial charge >= 0.3 is 0 Å². The third kappa shape index (κ3) is 2.46. The van der Waals surface area contributed by atoms with Crippen molar-refractivity contribution < 1.29 is 14.6 Å². The van der Waals surface area contributed by atoms with Crippen LogP contribution in [0.4, 0.5) is 5.69 Å². The van der Waals surface area contributed by atoms with Gasteiger partial charge in [0.15, 0.2) is 5.69 Å². The summed E-state index contributed by atoms with van der Waals surface area (Å²) in [5, 5.41) is 13.2. The average molecular weight is 254 g/mol. The Kier molecular flexibility index (Phi) is 3.53. The summed E-state index contributed by atoms with van der Waals surface area (Å²) in [4.78, 5) is 13.9. The van der Waals surface area contributed by atoms with Crippen molar-refractivity contribution in [1.29, 1.82) is 0 Å². The third-order valence-electron chi connectivity index (χ3n) is 2.88. The maximum absolute atomic E-state index is 12.3. The number of aliphatic hydroxyl groups excluding tert-OH is 1. The zero-order chi connectivity index (χ0) is 13.3. The number of carbonyl (C=O) groups excluding carboxylic acids is 1. The Morgan fingerprint density at radius 1 is 1.67 bits per heavy atom. The summed E-state index contributed by atoms with van der Waals surface area (Å²) in [6.07, 6.45) is 1.15. The van der Waals surface area contributed by atoms with Gasteiger partial charge in [-0.05, 0) is 6.92 Å². The van der Waals surface area contributed by atoms with Crippen LogP contribution in [0, 0.1) is 0 Å². The van der Waals surface area contributed by atoms with Crippen molar-refractivity contribution in [1.82, 2.24) is 14.7 Å². The highest BCUT2D eigenvalue weighted by Crippen LogP contribution is 2.16. The molecule has 0 spiro atoms. The van der Waals surface area contributed by atoms with Crippen molar-refractivity contribution in [2.45, 2.75) is 19.1 Å². The molecule has 2 heterocycles. The minimum absolute atomic E-state index is 0.105. The van der Waals surface area contributed by atoms with E-state index in [1.807, 2.05) is 6.92 Å². The molecule has 3 N–H and O–H groups in total. The zero-order valence-corrected chi connectivity index (χ0v) is 10.5. The molecule has 0 bridgehead atoms. The van der Waals surface area contributed by atoms with E-state index < -0.39 is 0 Å². The van der Waals surface area contributed by atoms with Crippen LogP contribution in [0.15, 0.2) is 6.20 Å². The fraction of sp³-hybridized carbons (Fsp3) is 0.636. The van der Waals surface area contributed by atoms with Crippen LogP contribution in [-0.4, -0.2) is 57.6 Å². The second-order valence-corrected chi connectivity index (χ2v) is 4.57. The first-order valence-corrected chi connectivity index (χ1v) is 5.86. The van der Waals surface area contributed by atoms with Gasteiger partial charge in [0.1, 0.15) is 0 Å². The van der Waals surface area contributed by atoms with Gasteiger partial charge in [-0.1, -0.05) is 0 Å². The Bertz CT molecular complexity index is 445. The van der Waals surface area contributed by atoms with E-state index in [1.165, 1.54) is 4.68 Å². The fourth-order valence-corrected chi connectivity index (χ4v) is 2.13. The van der Waals surface area contributed by atoms with Crippen molar-refractivity contribution in [3.63, 3.8) is 0 Å². The van der Waals surface area contributed by atoms with Crippen molar-refractivity contribution in [2.24, 2.45) is 7.05 Å². The molecule has 1 aromatic rings. The number of aliphatic hydroxyl groups is 1. The van der Waals surface area contributed by atoms with Crippen LogP contribution in [0.5, 0.6) is 0 Å². The lowest BCUT2D eigenvalue weighted by molar-refractivity contribution is -0.0859. The first-order valence-electron chi connectivity index (χ1n) is 5.86. The first-order chi connectivity index (χ1) is 8.51. The normalized spacial score (nSPS) is 24.3. The molecule has 1 saturated heterocycles. The molecule has 1 amide bonds. The summed E-state index contributed by atoms with van der Waals surface area (Å²) in [7, 11) is 1.71. The summed E-state index contributed by atoms with van der Waals surface area (Å²) in [5.41, 5.74) is 6.36. The predicted octanol–water partition coefficient (Wildman–Crippen LogP) is -0.776. The number of anilines is 1. The number of carbonyl (C=O) groups is 1. The van der Waals surface area contributed by atoms with Crippen molar-refractivity contribution in [3.05, 3.63) is 11.9 Å². The highest BCUT2D eigenvalue weighted by atomic mass is 16.5. The van der Waals surface area contributed by atoms with E-state index in [-0.39, 0.29) is 30.4 Å². The molecular formula is C11H18N4O3. The Morgan fingerprint density at radius 3 is 2.94 bits per heavy atom. The average Bonchev–Trinajstić information content (AvgIpc) is 2.66. The fourth-order valence-electron chi connectivity index (χ4n) is 2.13. The lowest BCUT2D eigenvalue weighted by atomic mass is 10.2. The van der Waals surface area contributed by atoms with E-state index in [1.54, 1.807) is 18.1 Å². The number of aromatic nitrogens is 2. The van der Waals surface area contributed by atoms with E-state index in [2.05, 4.69) is 5.10 Å². The van der Waals surface area contributed by atoms with Gasteiger partial charge in [-0.3, -0.25) is 9.48 Å². The van der Waals surface area contributed by atoms with E-state index in [0.29, 0.717) is 18.8 Å². The number of hydrogen-bond donors (Lipinski definition) is 2. The SMILES string of the molecule is CC1CN(C(=O)c2nn(C)cc2N)CC(CO)O1. The first kappa shape index (κ1) is 12.8. The van der Waals surface area contributed by atoms with Crippen LogP contribution >= 0.6 is 0 Å². The topological polar surface area (TPSA) is 93.6 Å². The zero-order valence-electron chi connectivity index (χ0n) is 10.5. The second kappa shape index (κ2) is 4.95. The van der Waals surface area contributed by atoms with Crippen molar-refractivity contribution in [3.8, 4) is 0 Å². The molecule has 0 aromatic carbocycles. The van der Waals surface area contributed by atoms with E-state index in [4.69, 9.17) is 15.6 Å². The molecule has 1 aliphatic heterocycles. The number of nitrogen functional groups attached to an aromatic ring is 1. The van der Waals surface area contributed by atoms with Crippen LogP contribution < -0.4 is 5.73 Å². The van der Waals surface area contributed by atoms with Crippen LogP contribution in [0.25, 0.3) is 0 Å². The molecule has 18 heavy (non-hydrogen) atoms. The van der Waals surface area contributed by atoms with Gasteiger partial charge in [-0.15, -0.1) is 0 Å². The molecule has 1 aromatic heterocycles. The van der Waals surface area contributed by atoms with Crippen LogP contribution in [0.2, 0.25) is 0 Å². The van der Waals surface area contributed by atoms with Gasteiger partial charge in [0, 0.05) is 26.3 Å². The summed E-state index contributed by atoms with van der Waals surface area (Å²) in [6, 6.07) is 0. The molecule has 2 unspecified atom stereocenters. The number of ether oxygens (including phenoxy) is 1. The largest absolute Gasteiger partial charge is 0.396 e. The Balaban J connectivity index is 2.15. The Morgan fingerprint density at radius 2 is 2.39 bits per heavy atom. The lowest BCUT2D eigenvalue weighted by Crippen LogP contribution is -2.50. The molecule has 0 radical (unpaired) electrons. The molecule has 7 heteroatoms. The molecule has 1 fully saturated rings. The minimum Gasteiger partial charge on any atom is -0.396 e. The number of morpholine rings is 1. The van der Waals surface area contributed by atoms with E-state index >= 15 is 0 Å². The van der Waals surface area contributed by atoms with Crippen LogP contribution in [-0.2, 0) is 11.8 Å². The maximum atomic E-state index is 12.3. The van der Waals surface area contributed by atoms with Crippen molar-refractivity contribution >= 4 is 11.6 Å². The minimum atomic E-state index is -0.345. The van der Waals surface area contributed by atoms with Gasteiger partial charge in [0.2, 0.25) is 0 Å². The van der Waals surface area contributed by atoms with Gasteiger partial charge in [-0.2, -0.15) is 5.10 Å². The maximum Gasteiger partial charge on any atom is 0.276 e. The standard InChI is InChI=1S/C11H18N4O3/c1-7-3-15(4-8(6-16)18-7)11(17)10-9(12)5-14(2)13-10/h5,7-8,16H,3-4,6,12H2,1-2H3. The number of rotatable bonds is 2. The number of aryl methyl sites for hydroxylation is 1. The summed E-state index contributed by atoms with van der Waals surface area (Å²) in [6.45, 7) is 2.59. The number of nitrogens with two attached hydrogens (primary N) is 1. The van der Waals surface area contributed by atoms with Crippen molar-refractivity contribution in [2.75, 3.05) is 25.4 Å². The molecule has 7 nitrogen and oxygen atoms in total. The van der Waals surface area contributed by atoms with Crippen LogP contribution in [0.1, 0.15) is 17.4 Å². The van der Waals surface area contributed by atoms with Gasteiger partial charge in [-0.25, -0.2) is 0 Å². The monoisotopic (exact) mass is 254 g/mol. The summed E-state index contributed by atoms with van der Waals surface area (Å²) in [5.74, 6) is -0.221. The molecule has 1 aliphatic rings.